The Bertz CT molecular complexity index is 1510. The smallest absolute Gasteiger partial charge is 0.338 e. The molecule has 0 atom stereocenters. The average Bonchev–Trinajstić information content (AvgIpc) is 3.14. The number of aliphatic imine (C=N–C) groups is 2. The molecule has 2 N–H and O–H groups in total. The van der Waals surface area contributed by atoms with Crippen LogP contribution in [0.3, 0.4) is 0 Å². The van der Waals surface area contributed by atoms with Crippen LogP contribution < -0.4 is 0 Å². The van der Waals surface area contributed by atoms with E-state index in [1.165, 1.54) is 0 Å². The summed E-state index contributed by atoms with van der Waals surface area (Å²) in [5.41, 5.74) is 4.10. The van der Waals surface area contributed by atoms with Crippen LogP contribution in [-0.4, -0.2) is 74.2 Å². The lowest BCUT2D eigenvalue weighted by atomic mass is 10.2. The molecule has 0 aliphatic heterocycles. The van der Waals surface area contributed by atoms with Crippen LogP contribution in [-0.2, 0) is 18.9 Å². The van der Waals surface area contributed by atoms with Crippen LogP contribution in [0.2, 0.25) is 0 Å². The van der Waals surface area contributed by atoms with Crippen molar-refractivity contribution in [1.29, 1.82) is 0 Å². The maximum absolute atomic E-state index is 12.3. The number of aromatic hydroxyl groups is 2. The zero-order valence-corrected chi connectivity index (χ0v) is 28.1. The van der Waals surface area contributed by atoms with Crippen molar-refractivity contribution < 1.29 is 38.7 Å². The number of hydrogen-bond donors (Lipinski definition) is 2. The first-order valence-corrected chi connectivity index (χ1v) is 16.8. The first-order chi connectivity index (χ1) is 24.5. The third-order valence-electron chi connectivity index (χ3n) is 7.38. The topological polar surface area (TPSA) is 136 Å². The number of rotatable bonds is 21. The third-order valence-corrected chi connectivity index (χ3v) is 7.38. The van der Waals surface area contributed by atoms with Crippen LogP contribution >= 0.6 is 0 Å². The summed E-state index contributed by atoms with van der Waals surface area (Å²) in [5.74, 6) is -0.318. The van der Waals surface area contributed by atoms with E-state index in [0.717, 1.165) is 49.7 Å². The molecule has 0 unspecified atom stereocenters. The number of carbonyl (C=O) groups is 2. The molecular formula is C40H44N2O8. The normalized spacial score (nSPS) is 11.3. The Morgan fingerprint density at radius 3 is 1.12 bits per heavy atom. The molecule has 4 aromatic carbocycles. The largest absolute Gasteiger partial charge is 0.508 e. The highest BCUT2D eigenvalue weighted by Crippen LogP contribution is 2.17. The van der Waals surface area contributed by atoms with E-state index in [-0.39, 0.29) is 23.4 Å². The number of esters is 2. The molecule has 0 aromatic heterocycles. The van der Waals surface area contributed by atoms with Crippen molar-refractivity contribution in [2.24, 2.45) is 9.98 Å². The minimum atomic E-state index is -0.363. The lowest BCUT2D eigenvalue weighted by molar-refractivity contribution is 0.0465. The maximum Gasteiger partial charge on any atom is 0.338 e. The molecule has 4 rings (SSSR count). The van der Waals surface area contributed by atoms with E-state index in [9.17, 15) is 19.8 Å². The molecule has 0 aliphatic carbocycles. The average molecular weight is 681 g/mol. The molecule has 0 saturated heterocycles. The van der Waals surface area contributed by atoms with Crippen LogP contribution in [0.1, 0.15) is 70.4 Å². The highest BCUT2D eigenvalue weighted by atomic mass is 16.5. The molecular weight excluding hydrogens is 636 g/mol. The Morgan fingerprint density at radius 1 is 0.460 bits per heavy atom. The minimum Gasteiger partial charge on any atom is -0.508 e. The predicted molar refractivity (Wildman–Crippen MR) is 194 cm³/mol. The zero-order valence-electron chi connectivity index (χ0n) is 28.1. The second-order valence-corrected chi connectivity index (χ2v) is 11.4. The fourth-order valence-corrected chi connectivity index (χ4v) is 4.51. The van der Waals surface area contributed by atoms with Crippen molar-refractivity contribution in [3.8, 4) is 11.5 Å². The number of unbranched alkanes of at least 4 members (excludes halogenated alkanes) is 3. The van der Waals surface area contributed by atoms with Gasteiger partial charge in [-0.1, -0.05) is 0 Å². The van der Waals surface area contributed by atoms with E-state index in [1.807, 2.05) is 0 Å². The molecule has 0 saturated carbocycles. The number of carbonyl (C=O) groups excluding carboxylic acids is 2. The van der Waals surface area contributed by atoms with Gasteiger partial charge in [-0.2, -0.15) is 0 Å². The number of phenolic OH excluding ortho intramolecular Hbond substituents is 2. The van der Waals surface area contributed by atoms with Crippen molar-refractivity contribution in [2.45, 2.75) is 38.5 Å². The molecule has 0 bridgehead atoms. The van der Waals surface area contributed by atoms with Gasteiger partial charge in [0.2, 0.25) is 0 Å². The molecule has 0 fully saturated rings. The monoisotopic (exact) mass is 680 g/mol. The Hall–Kier alpha value is -5.32. The van der Waals surface area contributed by atoms with Crippen LogP contribution in [0.4, 0.5) is 11.4 Å². The van der Waals surface area contributed by atoms with Gasteiger partial charge in [-0.25, -0.2) is 9.59 Å². The second kappa shape index (κ2) is 21.6. The molecule has 0 spiro atoms. The first kappa shape index (κ1) is 37.5. The maximum atomic E-state index is 12.3. The summed E-state index contributed by atoms with van der Waals surface area (Å²) in [6.07, 6.45) is 8.26. The minimum absolute atomic E-state index is 0.204. The van der Waals surface area contributed by atoms with Crippen molar-refractivity contribution in [3.63, 3.8) is 0 Å². The Labute approximate surface area is 293 Å². The van der Waals surface area contributed by atoms with Gasteiger partial charge < -0.3 is 29.2 Å². The van der Waals surface area contributed by atoms with E-state index in [1.54, 1.807) is 109 Å². The number of phenols is 2. The van der Waals surface area contributed by atoms with Crippen molar-refractivity contribution in [2.75, 3.05) is 39.6 Å². The summed E-state index contributed by atoms with van der Waals surface area (Å²) >= 11 is 0. The lowest BCUT2D eigenvalue weighted by Crippen LogP contribution is -2.08. The fraction of sp³-hybridized carbons (Fsp3) is 0.300. The van der Waals surface area contributed by atoms with Gasteiger partial charge in [0.05, 0.1) is 35.7 Å². The summed E-state index contributed by atoms with van der Waals surface area (Å²) in [7, 11) is 0. The molecule has 50 heavy (non-hydrogen) atoms. The van der Waals surface area contributed by atoms with Crippen molar-refractivity contribution >= 4 is 35.7 Å². The summed E-state index contributed by atoms with van der Waals surface area (Å²) in [4.78, 5) is 33.3. The number of nitrogens with zero attached hydrogens (tertiary/aromatic N) is 2. The van der Waals surface area contributed by atoms with Gasteiger partial charge in [0.1, 0.15) is 11.5 Å². The zero-order chi connectivity index (χ0) is 35.2. The summed E-state index contributed by atoms with van der Waals surface area (Å²) in [6, 6.07) is 27.3. The van der Waals surface area contributed by atoms with Gasteiger partial charge >= 0.3 is 11.9 Å². The third kappa shape index (κ3) is 14.4. The van der Waals surface area contributed by atoms with Crippen LogP contribution in [0.5, 0.6) is 11.5 Å². The van der Waals surface area contributed by atoms with Gasteiger partial charge in [-0.15, -0.1) is 0 Å². The van der Waals surface area contributed by atoms with Crippen LogP contribution in [0, 0.1) is 0 Å². The van der Waals surface area contributed by atoms with Gasteiger partial charge in [0.15, 0.2) is 0 Å². The van der Waals surface area contributed by atoms with Crippen LogP contribution in [0.15, 0.2) is 107 Å². The molecule has 10 nitrogen and oxygen atoms in total. The van der Waals surface area contributed by atoms with E-state index in [2.05, 4.69) is 9.98 Å². The molecule has 0 heterocycles. The summed E-state index contributed by atoms with van der Waals surface area (Å²) in [5, 5.41) is 18.7. The standard InChI is InChI=1S/C40H44N2O8/c43-37-19-7-31(8-20-37)29-41-35-15-11-33(12-16-35)39(45)49-27-5-3-25-47-23-1-2-24-48-26-4-6-28-50-40(46)34-13-17-36(18-14-34)42-30-32-9-21-38(44)22-10-32/h7-22,29-30,43-44H,1-6,23-28H2. The van der Waals surface area contributed by atoms with Crippen molar-refractivity contribution in [1.82, 2.24) is 0 Å². The highest BCUT2D eigenvalue weighted by molar-refractivity contribution is 5.90. The van der Waals surface area contributed by atoms with E-state index in [0.29, 0.717) is 62.1 Å². The molecule has 262 valence electrons. The summed E-state index contributed by atoms with van der Waals surface area (Å²) < 4.78 is 22.1. The molecule has 0 radical (unpaired) electrons. The predicted octanol–water partition coefficient (Wildman–Crippen LogP) is 7.99. The van der Waals surface area contributed by atoms with Gasteiger partial charge in [0.25, 0.3) is 0 Å². The van der Waals surface area contributed by atoms with E-state index >= 15 is 0 Å². The molecule has 10 heteroatoms. The number of benzene rings is 4. The van der Waals surface area contributed by atoms with Crippen LogP contribution in [0.25, 0.3) is 0 Å². The van der Waals surface area contributed by atoms with E-state index in [4.69, 9.17) is 18.9 Å². The lowest BCUT2D eigenvalue weighted by Gasteiger charge is -2.07. The number of ether oxygens (including phenoxy) is 4. The van der Waals surface area contributed by atoms with Gasteiger partial charge in [-0.05, 0) is 147 Å². The van der Waals surface area contributed by atoms with Crippen molar-refractivity contribution in [3.05, 3.63) is 119 Å². The first-order valence-electron chi connectivity index (χ1n) is 16.8. The molecule has 4 aromatic rings. The highest BCUT2D eigenvalue weighted by Gasteiger charge is 2.08. The van der Waals surface area contributed by atoms with Gasteiger partial charge in [0, 0.05) is 38.9 Å². The Balaban J connectivity index is 0.922. The second-order valence-electron chi connectivity index (χ2n) is 11.4. The quantitative estimate of drug-likeness (QED) is 0.0514. The van der Waals surface area contributed by atoms with Gasteiger partial charge in [-0.3, -0.25) is 9.98 Å². The SMILES string of the molecule is O=C(OCCCCOCCCCOCCCCOC(=O)c1ccc(N=Cc2ccc(O)cc2)cc1)c1ccc(N=Cc2ccc(O)cc2)cc1. The van der Waals surface area contributed by atoms with E-state index < -0.39 is 0 Å². The Morgan fingerprint density at radius 2 is 0.780 bits per heavy atom. The summed E-state index contributed by atoms with van der Waals surface area (Å²) in [6.45, 7) is 3.22. The Kier molecular flexibility index (Phi) is 16.2. The fourth-order valence-electron chi connectivity index (χ4n) is 4.51. The molecule has 0 aliphatic rings. The molecule has 0 amide bonds. The number of hydrogen-bond acceptors (Lipinski definition) is 10.